The molecule has 0 spiro atoms. The Labute approximate surface area is 142 Å². The van der Waals surface area contributed by atoms with Gasteiger partial charge in [0.15, 0.2) is 0 Å². The van der Waals surface area contributed by atoms with Crippen LogP contribution in [0.25, 0.3) is 0 Å². The van der Waals surface area contributed by atoms with Crippen molar-refractivity contribution in [2.24, 2.45) is 0 Å². The second-order valence-electron chi connectivity index (χ2n) is 6.85. The summed E-state index contributed by atoms with van der Waals surface area (Å²) in [5, 5.41) is 1.16. The SMILES string of the molecule is CCCCCCCCCCCCN(CCCBr)C1CCC1. The summed E-state index contributed by atoms with van der Waals surface area (Å²) in [6.07, 6.45) is 20.2. The van der Waals surface area contributed by atoms with E-state index in [4.69, 9.17) is 0 Å². The third-order valence-electron chi connectivity index (χ3n) is 4.97. The maximum atomic E-state index is 3.57. The van der Waals surface area contributed by atoms with Crippen molar-refractivity contribution in [1.29, 1.82) is 0 Å². The molecule has 0 saturated heterocycles. The first-order valence-corrected chi connectivity index (χ1v) is 10.8. The molecule has 0 aromatic carbocycles. The van der Waals surface area contributed by atoms with Crippen LogP contribution in [0, 0.1) is 0 Å². The van der Waals surface area contributed by atoms with Gasteiger partial charge < -0.3 is 4.90 Å². The first-order chi connectivity index (χ1) is 10.4. The van der Waals surface area contributed by atoms with Crippen molar-refractivity contribution in [3.8, 4) is 0 Å². The predicted molar refractivity (Wildman–Crippen MR) is 99.5 cm³/mol. The summed E-state index contributed by atoms with van der Waals surface area (Å²) in [6.45, 7) is 4.96. The molecule has 1 saturated carbocycles. The van der Waals surface area contributed by atoms with Gasteiger partial charge in [0.05, 0.1) is 0 Å². The average Bonchev–Trinajstić information content (AvgIpc) is 2.44. The van der Waals surface area contributed by atoms with Crippen molar-refractivity contribution < 1.29 is 0 Å². The zero-order chi connectivity index (χ0) is 15.2. The molecule has 1 nitrogen and oxygen atoms in total. The van der Waals surface area contributed by atoms with Crippen LogP contribution in [0.2, 0.25) is 0 Å². The Bertz CT molecular complexity index is 216. The zero-order valence-electron chi connectivity index (χ0n) is 14.4. The second-order valence-corrected chi connectivity index (χ2v) is 7.64. The van der Waals surface area contributed by atoms with E-state index in [1.807, 2.05) is 0 Å². The van der Waals surface area contributed by atoms with E-state index in [1.54, 1.807) is 0 Å². The number of rotatable bonds is 15. The van der Waals surface area contributed by atoms with E-state index in [0.717, 1.165) is 11.4 Å². The van der Waals surface area contributed by atoms with Crippen LogP contribution < -0.4 is 0 Å². The molecule has 1 rings (SSSR count). The van der Waals surface area contributed by atoms with E-state index in [9.17, 15) is 0 Å². The smallest absolute Gasteiger partial charge is 0.00952 e. The van der Waals surface area contributed by atoms with Crippen LogP contribution in [0.5, 0.6) is 0 Å². The molecule has 0 atom stereocenters. The molecule has 0 radical (unpaired) electrons. The maximum Gasteiger partial charge on any atom is 0.00952 e. The summed E-state index contributed by atoms with van der Waals surface area (Å²) in [7, 11) is 0. The van der Waals surface area contributed by atoms with E-state index in [0.29, 0.717) is 0 Å². The highest BCUT2D eigenvalue weighted by Gasteiger charge is 2.23. The van der Waals surface area contributed by atoms with Crippen molar-refractivity contribution in [3.05, 3.63) is 0 Å². The van der Waals surface area contributed by atoms with Gasteiger partial charge in [0.25, 0.3) is 0 Å². The van der Waals surface area contributed by atoms with Gasteiger partial charge in [0.1, 0.15) is 0 Å². The second kappa shape index (κ2) is 14.1. The molecule has 2 heteroatoms. The normalized spacial score (nSPS) is 15.6. The van der Waals surface area contributed by atoms with E-state index < -0.39 is 0 Å². The number of nitrogens with zero attached hydrogens (tertiary/aromatic N) is 1. The van der Waals surface area contributed by atoms with Gasteiger partial charge >= 0.3 is 0 Å². The lowest BCUT2D eigenvalue weighted by molar-refractivity contribution is 0.125. The van der Waals surface area contributed by atoms with Crippen molar-refractivity contribution in [1.82, 2.24) is 4.90 Å². The molecule has 0 unspecified atom stereocenters. The predicted octanol–water partition coefficient (Wildman–Crippen LogP) is 6.55. The summed E-state index contributed by atoms with van der Waals surface area (Å²) < 4.78 is 0. The molecule has 0 aromatic heterocycles. The Balaban J connectivity index is 1.89. The Morgan fingerprint density at radius 1 is 0.762 bits per heavy atom. The quantitative estimate of drug-likeness (QED) is 0.236. The molecular weight excluding hydrogens is 322 g/mol. The molecule has 126 valence electrons. The molecule has 0 N–H and O–H groups in total. The van der Waals surface area contributed by atoms with Crippen LogP contribution >= 0.6 is 15.9 Å². The van der Waals surface area contributed by atoms with E-state index in [2.05, 4.69) is 27.8 Å². The van der Waals surface area contributed by atoms with Gasteiger partial charge in [-0.1, -0.05) is 87.1 Å². The average molecular weight is 360 g/mol. The number of hydrogen-bond acceptors (Lipinski definition) is 1. The fourth-order valence-electron chi connectivity index (χ4n) is 3.29. The lowest BCUT2D eigenvalue weighted by atomic mass is 9.91. The van der Waals surface area contributed by atoms with Crippen LogP contribution in [0.3, 0.4) is 0 Å². The highest BCUT2D eigenvalue weighted by molar-refractivity contribution is 9.09. The Morgan fingerprint density at radius 2 is 1.29 bits per heavy atom. The lowest BCUT2D eigenvalue weighted by Crippen LogP contribution is -2.41. The molecular formula is C19H38BrN. The van der Waals surface area contributed by atoms with Crippen molar-refractivity contribution in [2.45, 2.75) is 103 Å². The first-order valence-electron chi connectivity index (χ1n) is 9.68. The van der Waals surface area contributed by atoms with Gasteiger partial charge in [-0.15, -0.1) is 0 Å². The van der Waals surface area contributed by atoms with Crippen molar-refractivity contribution in [3.63, 3.8) is 0 Å². The Kier molecular flexibility index (Phi) is 13.0. The van der Waals surface area contributed by atoms with Crippen molar-refractivity contribution >= 4 is 15.9 Å². The van der Waals surface area contributed by atoms with E-state index >= 15 is 0 Å². The van der Waals surface area contributed by atoms with Crippen LogP contribution in [-0.4, -0.2) is 29.4 Å². The number of alkyl halides is 1. The molecule has 0 heterocycles. The summed E-state index contributed by atoms with van der Waals surface area (Å²) in [6, 6.07) is 0.933. The molecule has 1 aliphatic rings. The van der Waals surface area contributed by atoms with E-state index in [-0.39, 0.29) is 0 Å². The zero-order valence-corrected chi connectivity index (χ0v) is 16.0. The monoisotopic (exact) mass is 359 g/mol. The molecule has 1 fully saturated rings. The lowest BCUT2D eigenvalue weighted by Gasteiger charge is -2.37. The largest absolute Gasteiger partial charge is 0.300 e. The summed E-state index contributed by atoms with van der Waals surface area (Å²) >= 11 is 3.57. The van der Waals surface area contributed by atoms with Gasteiger partial charge in [-0.3, -0.25) is 0 Å². The molecule has 0 amide bonds. The van der Waals surface area contributed by atoms with Gasteiger partial charge in [0.2, 0.25) is 0 Å². The maximum absolute atomic E-state index is 3.57. The highest BCUT2D eigenvalue weighted by atomic mass is 79.9. The number of halogens is 1. The van der Waals surface area contributed by atoms with Crippen molar-refractivity contribution in [2.75, 3.05) is 18.4 Å². The van der Waals surface area contributed by atoms with Crippen LogP contribution in [0.15, 0.2) is 0 Å². The topological polar surface area (TPSA) is 3.24 Å². The highest BCUT2D eigenvalue weighted by Crippen LogP contribution is 2.25. The summed E-state index contributed by atoms with van der Waals surface area (Å²) in [5.74, 6) is 0. The molecule has 0 bridgehead atoms. The molecule has 0 aromatic rings. The van der Waals surface area contributed by atoms with Crippen LogP contribution in [0.4, 0.5) is 0 Å². The van der Waals surface area contributed by atoms with Crippen LogP contribution in [0.1, 0.15) is 96.8 Å². The van der Waals surface area contributed by atoms with Gasteiger partial charge in [-0.05, 0) is 38.8 Å². The van der Waals surface area contributed by atoms with Gasteiger partial charge in [-0.2, -0.15) is 0 Å². The van der Waals surface area contributed by atoms with Crippen LogP contribution in [-0.2, 0) is 0 Å². The minimum atomic E-state index is 0.933. The fraction of sp³-hybridized carbons (Fsp3) is 1.00. The summed E-state index contributed by atoms with van der Waals surface area (Å²) in [5.41, 5.74) is 0. The Morgan fingerprint density at radius 3 is 1.76 bits per heavy atom. The molecule has 21 heavy (non-hydrogen) atoms. The standard InChI is InChI=1S/C19H38BrN/c1-2-3-4-5-6-7-8-9-10-11-17-21(18-13-16-20)19-14-12-15-19/h19H,2-18H2,1H3. The number of unbranched alkanes of at least 4 members (excludes halogenated alkanes) is 9. The third-order valence-corrected chi connectivity index (χ3v) is 5.53. The first kappa shape index (κ1) is 19.5. The Hall–Kier alpha value is 0.440. The van der Waals surface area contributed by atoms with Gasteiger partial charge in [-0.25, -0.2) is 0 Å². The molecule has 0 aliphatic heterocycles. The summed E-state index contributed by atoms with van der Waals surface area (Å²) in [4.78, 5) is 2.77. The number of hydrogen-bond donors (Lipinski definition) is 0. The van der Waals surface area contributed by atoms with E-state index in [1.165, 1.54) is 103 Å². The third kappa shape index (κ3) is 9.94. The molecule has 1 aliphatic carbocycles. The fourth-order valence-corrected chi connectivity index (χ4v) is 3.54. The minimum absolute atomic E-state index is 0.933. The minimum Gasteiger partial charge on any atom is -0.300 e. The van der Waals surface area contributed by atoms with Gasteiger partial charge in [0, 0.05) is 11.4 Å².